The maximum Gasteiger partial charge on any atom is 0.418 e. The molecule has 1 amide bonds. The molecule has 2 heterocycles. The monoisotopic (exact) mass is 459 g/mol. The number of piperazine rings is 1. The predicted octanol–water partition coefficient (Wildman–Crippen LogP) is 3.66. The normalized spacial score (nSPS) is 14.8. The van der Waals surface area contributed by atoms with Crippen LogP contribution in [0.3, 0.4) is 0 Å². The van der Waals surface area contributed by atoms with Gasteiger partial charge < -0.3 is 15.0 Å². The fraction of sp³-hybridized carbons (Fsp3) is 0.304. The standard InChI is InChI=1S/C23H24F3N5O2/c1-33-18-6-4-5-17(15-18)31-10-9-27-22(31)30-13-11-29(12-14-30)16-21(32)28-20-8-3-2-7-19(20)23(24,25)26/h2-10,15H,11-14,16H2,1H3,(H,28,32). The first kappa shape index (κ1) is 22.7. The summed E-state index contributed by atoms with van der Waals surface area (Å²) >= 11 is 0. The molecule has 0 saturated carbocycles. The zero-order valence-electron chi connectivity index (χ0n) is 18.0. The second kappa shape index (κ2) is 9.53. The van der Waals surface area contributed by atoms with Crippen molar-refractivity contribution in [3.63, 3.8) is 0 Å². The number of ether oxygens (including phenoxy) is 1. The number of nitrogens with one attached hydrogen (secondary N) is 1. The van der Waals surface area contributed by atoms with Crippen molar-refractivity contribution in [2.45, 2.75) is 6.18 Å². The van der Waals surface area contributed by atoms with Crippen molar-refractivity contribution in [3.8, 4) is 11.4 Å². The van der Waals surface area contributed by atoms with Gasteiger partial charge in [-0.25, -0.2) is 4.98 Å². The van der Waals surface area contributed by atoms with Gasteiger partial charge in [0.25, 0.3) is 0 Å². The van der Waals surface area contributed by atoms with E-state index in [-0.39, 0.29) is 12.2 Å². The van der Waals surface area contributed by atoms with Crippen LogP contribution in [0, 0.1) is 0 Å². The van der Waals surface area contributed by atoms with Crippen LogP contribution in [0.25, 0.3) is 5.69 Å². The van der Waals surface area contributed by atoms with E-state index in [9.17, 15) is 18.0 Å². The number of amides is 1. The van der Waals surface area contributed by atoms with Crippen molar-refractivity contribution in [1.29, 1.82) is 0 Å². The number of benzene rings is 2. The number of alkyl halides is 3. The lowest BCUT2D eigenvalue weighted by molar-refractivity contribution is -0.137. The molecular weight excluding hydrogens is 435 g/mol. The van der Waals surface area contributed by atoms with E-state index < -0.39 is 17.6 Å². The number of imidazole rings is 1. The van der Waals surface area contributed by atoms with Gasteiger partial charge in [0.2, 0.25) is 11.9 Å². The lowest BCUT2D eigenvalue weighted by Crippen LogP contribution is -2.49. The Balaban J connectivity index is 1.36. The average molecular weight is 459 g/mol. The Labute approximate surface area is 189 Å². The van der Waals surface area contributed by atoms with Crippen LogP contribution in [-0.4, -0.2) is 60.2 Å². The molecule has 2 aromatic carbocycles. The van der Waals surface area contributed by atoms with E-state index in [4.69, 9.17) is 4.74 Å². The quantitative estimate of drug-likeness (QED) is 0.610. The first-order valence-corrected chi connectivity index (χ1v) is 10.5. The Kier molecular flexibility index (Phi) is 6.55. The van der Waals surface area contributed by atoms with Crippen molar-refractivity contribution in [1.82, 2.24) is 14.5 Å². The van der Waals surface area contributed by atoms with Gasteiger partial charge in [-0.1, -0.05) is 18.2 Å². The van der Waals surface area contributed by atoms with Gasteiger partial charge in [-0.05, 0) is 24.3 Å². The molecule has 0 bridgehead atoms. The minimum absolute atomic E-state index is 0.0182. The molecule has 7 nitrogen and oxygen atoms in total. The van der Waals surface area contributed by atoms with Gasteiger partial charge in [-0.15, -0.1) is 0 Å². The van der Waals surface area contributed by atoms with Gasteiger partial charge in [0.1, 0.15) is 5.75 Å². The van der Waals surface area contributed by atoms with Crippen molar-refractivity contribution in [2.24, 2.45) is 0 Å². The third-order valence-electron chi connectivity index (χ3n) is 5.48. The molecule has 4 rings (SSSR count). The maximum absolute atomic E-state index is 13.2. The molecule has 0 spiro atoms. The number of hydrogen-bond donors (Lipinski definition) is 1. The van der Waals surface area contributed by atoms with Gasteiger partial charge in [0, 0.05) is 44.6 Å². The number of para-hydroxylation sites is 1. The summed E-state index contributed by atoms with van der Waals surface area (Å²) in [7, 11) is 1.62. The van der Waals surface area contributed by atoms with E-state index in [1.165, 1.54) is 18.2 Å². The minimum atomic E-state index is -4.53. The summed E-state index contributed by atoms with van der Waals surface area (Å²) in [5.74, 6) is 1.06. The van der Waals surface area contributed by atoms with Gasteiger partial charge in [-0.3, -0.25) is 14.3 Å². The summed E-state index contributed by atoms with van der Waals surface area (Å²) < 4.78 is 46.7. The highest BCUT2D eigenvalue weighted by Crippen LogP contribution is 2.34. The maximum atomic E-state index is 13.2. The van der Waals surface area contributed by atoms with Gasteiger partial charge in [-0.2, -0.15) is 13.2 Å². The van der Waals surface area contributed by atoms with Crippen LogP contribution in [0.4, 0.5) is 24.8 Å². The number of halogens is 3. The molecule has 1 fully saturated rings. The number of aromatic nitrogens is 2. The summed E-state index contributed by atoms with van der Waals surface area (Å²) in [5, 5.41) is 2.40. The average Bonchev–Trinajstić information content (AvgIpc) is 3.29. The molecule has 1 N–H and O–H groups in total. The zero-order chi connectivity index (χ0) is 23.4. The van der Waals surface area contributed by atoms with E-state index >= 15 is 0 Å². The Morgan fingerprint density at radius 3 is 2.58 bits per heavy atom. The van der Waals surface area contributed by atoms with E-state index in [1.54, 1.807) is 13.3 Å². The molecule has 0 radical (unpaired) electrons. The van der Waals surface area contributed by atoms with Crippen LogP contribution in [0.15, 0.2) is 60.9 Å². The Bertz CT molecular complexity index is 1110. The first-order chi connectivity index (χ1) is 15.8. The molecule has 10 heteroatoms. The largest absolute Gasteiger partial charge is 0.497 e. The molecule has 3 aromatic rings. The number of nitrogens with zero attached hydrogens (tertiary/aromatic N) is 4. The summed E-state index contributed by atoms with van der Waals surface area (Å²) in [5.41, 5.74) is -0.159. The van der Waals surface area contributed by atoms with Crippen LogP contribution in [-0.2, 0) is 11.0 Å². The summed E-state index contributed by atoms with van der Waals surface area (Å²) in [6.45, 7) is 2.45. The lowest BCUT2D eigenvalue weighted by Gasteiger charge is -2.35. The molecule has 1 aliphatic rings. The summed E-state index contributed by atoms with van der Waals surface area (Å²) in [6, 6.07) is 12.6. The molecule has 174 valence electrons. The van der Waals surface area contributed by atoms with Crippen molar-refractivity contribution < 1.29 is 22.7 Å². The number of carbonyl (C=O) groups is 1. The SMILES string of the molecule is COc1cccc(-n2ccnc2N2CCN(CC(=O)Nc3ccccc3C(F)(F)F)CC2)c1. The van der Waals surface area contributed by atoms with E-state index in [2.05, 4.69) is 15.2 Å². The van der Waals surface area contributed by atoms with Gasteiger partial charge >= 0.3 is 6.18 Å². The predicted molar refractivity (Wildman–Crippen MR) is 119 cm³/mol. The third-order valence-corrected chi connectivity index (χ3v) is 5.48. The second-order valence-corrected chi connectivity index (χ2v) is 7.65. The molecule has 0 atom stereocenters. The minimum Gasteiger partial charge on any atom is -0.497 e. The Morgan fingerprint density at radius 1 is 1.09 bits per heavy atom. The zero-order valence-corrected chi connectivity index (χ0v) is 18.0. The number of anilines is 2. The van der Waals surface area contributed by atoms with E-state index in [0.29, 0.717) is 26.2 Å². The van der Waals surface area contributed by atoms with E-state index in [1.807, 2.05) is 39.9 Å². The van der Waals surface area contributed by atoms with Crippen molar-refractivity contribution in [3.05, 3.63) is 66.5 Å². The van der Waals surface area contributed by atoms with Crippen molar-refractivity contribution >= 4 is 17.5 Å². The number of rotatable bonds is 6. The molecule has 0 unspecified atom stereocenters. The van der Waals surface area contributed by atoms with Crippen molar-refractivity contribution in [2.75, 3.05) is 50.1 Å². The van der Waals surface area contributed by atoms with Gasteiger partial charge in [0.15, 0.2) is 0 Å². The fourth-order valence-electron chi connectivity index (χ4n) is 3.83. The highest BCUT2D eigenvalue weighted by Gasteiger charge is 2.33. The smallest absolute Gasteiger partial charge is 0.418 e. The molecule has 1 aliphatic heterocycles. The van der Waals surface area contributed by atoms with E-state index in [0.717, 1.165) is 23.5 Å². The second-order valence-electron chi connectivity index (χ2n) is 7.65. The van der Waals surface area contributed by atoms with Crippen LogP contribution in [0.5, 0.6) is 5.75 Å². The molecule has 0 aliphatic carbocycles. The Hall–Kier alpha value is -3.53. The third kappa shape index (κ3) is 5.28. The summed E-state index contributed by atoms with van der Waals surface area (Å²) in [4.78, 5) is 20.9. The molecule has 33 heavy (non-hydrogen) atoms. The number of carbonyl (C=O) groups excluding carboxylic acids is 1. The molecular formula is C23H24F3N5O2. The van der Waals surface area contributed by atoms with Crippen LogP contribution < -0.4 is 15.0 Å². The van der Waals surface area contributed by atoms with Crippen LogP contribution in [0.2, 0.25) is 0 Å². The summed E-state index contributed by atoms with van der Waals surface area (Å²) in [6.07, 6.45) is -0.922. The topological polar surface area (TPSA) is 62.6 Å². The highest BCUT2D eigenvalue weighted by molar-refractivity contribution is 5.93. The Morgan fingerprint density at radius 2 is 1.85 bits per heavy atom. The van der Waals surface area contributed by atoms with Crippen LogP contribution >= 0.6 is 0 Å². The van der Waals surface area contributed by atoms with Gasteiger partial charge in [0.05, 0.1) is 30.6 Å². The first-order valence-electron chi connectivity index (χ1n) is 10.5. The fourth-order valence-corrected chi connectivity index (χ4v) is 3.83. The number of hydrogen-bond acceptors (Lipinski definition) is 5. The molecule has 1 saturated heterocycles. The van der Waals surface area contributed by atoms with Crippen LogP contribution in [0.1, 0.15) is 5.56 Å². The molecule has 1 aromatic heterocycles. The number of methoxy groups -OCH3 is 1. The lowest BCUT2D eigenvalue weighted by atomic mass is 10.1. The highest BCUT2D eigenvalue weighted by atomic mass is 19.4.